The maximum atomic E-state index is 12.6. The number of benzene rings is 1. The zero-order valence-corrected chi connectivity index (χ0v) is 20.0. The molecule has 0 aliphatic heterocycles. The van der Waals surface area contributed by atoms with E-state index in [4.69, 9.17) is 0 Å². The molecule has 1 aromatic carbocycles. The first-order valence-corrected chi connectivity index (χ1v) is 12.8. The molecule has 0 spiro atoms. The van der Waals surface area contributed by atoms with Crippen molar-refractivity contribution in [1.82, 2.24) is 4.98 Å². The van der Waals surface area contributed by atoms with Crippen LogP contribution in [0.4, 0.5) is 5.13 Å². The van der Waals surface area contributed by atoms with Crippen molar-refractivity contribution in [1.29, 1.82) is 5.26 Å². The summed E-state index contributed by atoms with van der Waals surface area (Å²) in [6.07, 6.45) is 7.06. The van der Waals surface area contributed by atoms with Crippen LogP contribution in [0, 0.1) is 41.4 Å². The zero-order valence-electron chi connectivity index (χ0n) is 19.2. The van der Waals surface area contributed by atoms with E-state index < -0.39 is 0 Å². The Labute approximate surface area is 198 Å². The number of fused-ring (bicyclic) bond motifs is 5. The maximum Gasteiger partial charge on any atom is 0.226 e. The van der Waals surface area contributed by atoms with Gasteiger partial charge in [0.05, 0.1) is 11.7 Å². The number of carbonyl (C=O) groups is 1. The third kappa shape index (κ3) is 3.74. The van der Waals surface area contributed by atoms with Gasteiger partial charge < -0.3 is 15.5 Å². The van der Waals surface area contributed by atoms with Gasteiger partial charge in [0, 0.05) is 17.5 Å². The van der Waals surface area contributed by atoms with Crippen LogP contribution in [0.1, 0.15) is 72.9 Å². The van der Waals surface area contributed by atoms with Crippen molar-refractivity contribution in [3.8, 4) is 11.8 Å². The number of aromatic nitrogens is 1. The average molecular weight is 466 g/mol. The Morgan fingerprint density at radius 3 is 2.94 bits per heavy atom. The van der Waals surface area contributed by atoms with Gasteiger partial charge in [0.1, 0.15) is 11.8 Å². The molecule has 3 N–H and O–H groups in total. The minimum atomic E-state index is -0.339. The monoisotopic (exact) mass is 465 g/mol. The smallest absolute Gasteiger partial charge is 0.226 e. The summed E-state index contributed by atoms with van der Waals surface area (Å²) in [5.41, 5.74) is 2.52. The van der Waals surface area contributed by atoms with Gasteiger partial charge in [0.15, 0.2) is 5.13 Å². The van der Waals surface area contributed by atoms with Crippen LogP contribution in [0.2, 0.25) is 0 Å². The Hall–Kier alpha value is -2.43. The number of phenolic OH excluding ortho intramolecular Hbond substituents is 1. The van der Waals surface area contributed by atoms with Gasteiger partial charge in [-0.3, -0.25) is 4.79 Å². The number of nitrogens with one attached hydrogen (secondary N) is 1. The molecule has 2 saturated carbocycles. The number of hydrogen-bond donors (Lipinski definition) is 3. The fourth-order valence-electron chi connectivity index (χ4n) is 7.25. The first kappa shape index (κ1) is 22.4. The van der Waals surface area contributed by atoms with Crippen molar-refractivity contribution in [3.05, 3.63) is 39.9 Å². The summed E-state index contributed by atoms with van der Waals surface area (Å²) >= 11 is 1.48. The molecule has 2 aromatic rings. The van der Waals surface area contributed by atoms with Gasteiger partial charge in [-0.1, -0.05) is 13.0 Å². The van der Waals surface area contributed by atoms with Crippen LogP contribution in [0.3, 0.4) is 0 Å². The minimum absolute atomic E-state index is 0.0112. The molecule has 6 nitrogen and oxygen atoms in total. The van der Waals surface area contributed by atoms with Crippen LogP contribution in [0.15, 0.2) is 18.3 Å². The topological polar surface area (TPSA) is 106 Å². The molecule has 0 bridgehead atoms. The lowest BCUT2D eigenvalue weighted by Crippen LogP contribution is -2.45. The summed E-state index contributed by atoms with van der Waals surface area (Å²) in [5.74, 6) is 1.50. The highest BCUT2D eigenvalue weighted by atomic mass is 32.1. The molecule has 0 saturated heterocycles. The molecular formula is C26H31N3O3S. The zero-order chi connectivity index (χ0) is 23.3. The SMILES string of the molecule is Cc1cnc(NC(=O)CC[C@@H]2CC(O)[C@@]3(C)CCC4c5ccc(O)c(C#N)c5CCC4C23)s1. The Bertz CT molecular complexity index is 1120. The lowest BCUT2D eigenvalue weighted by Gasteiger charge is -2.51. The summed E-state index contributed by atoms with van der Waals surface area (Å²) in [5, 5.41) is 34.4. The predicted octanol–water partition coefficient (Wildman–Crippen LogP) is 4.89. The normalized spacial score (nSPS) is 32.4. The van der Waals surface area contributed by atoms with Gasteiger partial charge in [0.2, 0.25) is 5.91 Å². The number of aromatic hydroxyl groups is 1. The lowest BCUT2D eigenvalue weighted by molar-refractivity contribution is -0.116. The molecule has 174 valence electrons. The molecule has 33 heavy (non-hydrogen) atoms. The van der Waals surface area contributed by atoms with Crippen LogP contribution in [-0.2, 0) is 11.2 Å². The van der Waals surface area contributed by atoms with Crippen LogP contribution in [0.25, 0.3) is 0 Å². The largest absolute Gasteiger partial charge is 0.507 e. The molecule has 5 rings (SSSR count). The van der Waals surface area contributed by atoms with Crippen molar-refractivity contribution in [2.75, 3.05) is 5.32 Å². The van der Waals surface area contributed by atoms with Crippen molar-refractivity contribution in [3.63, 3.8) is 0 Å². The van der Waals surface area contributed by atoms with Crippen molar-refractivity contribution < 1.29 is 15.0 Å². The van der Waals surface area contributed by atoms with E-state index in [9.17, 15) is 20.3 Å². The quantitative estimate of drug-likeness (QED) is 0.596. The van der Waals surface area contributed by atoms with Crippen molar-refractivity contribution in [2.45, 2.75) is 70.8 Å². The number of amides is 1. The highest BCUT2D eigenvalue weighted by molar-refractivity contribution is 7.15. The number of nitrogens with zero attached hydrogens (tertiary/aromatic N) is 2. The highest BCUT2D eigenvalue weighted by Crippen LogP contribution is 2.63. The van der Waals surface area contributed by atoms with Crippen molar-refractivity contribution in [2.24, 2.45) is 23.2 Å². The standard InChI is InChI=1S/C26H31N3O3S/c1-14-13-28-25(33-14)29-23(32)8-3-15-11-22(31)26(2)10-9-18-16-6-7-21(30)20(12-27)17(16)4-5-19(18)24(15)26/h6-7,13,15,18-19,22,24,30-31H,3-5,8-11H2,1-2H3,(H,28,29,32)/t15-,18?,19?,22?,24?,26-/m1/s1. The number of thiazole rings is 1. The Balaban J connectivity index is 1.36. The van der Waals surface area contributed by atoms with Gasteiger partial charge in [0.25, 0.3) is 0 Å². The number of rotatable bonds is 4. The number of aliphatic hydroxyl groups is 1. The lowest BCUT2D eigenvalue weighted by atomic mass is 9.53. The average Bonchev–Trinajstić information content (AvgIpc) is 3.31. The van der Waals surface area contributed by atoms with Gasteiger partial charge in [-0.05, 0) is 91.7 Å². The molecule has 1 amide bonds. The second-order valence-corrected chi connectivity index (χ2v) is 11.6. The van der Waals surface area contributed by atoms with Crippen LogP contribution in [0.5, 0.6) is 5.75 Å². The highest BCUT2D eigenvalue weighted by Gasteiger charge is 2.58. The van der Waals surface area contributed by atoms with Gasteiger partial charge in [-0.15, -0.1) is 11.3 Å². The number of phenols is 1. The molecule has 6 atom stereocenters. The number of aryl methyl sites for hydroxylation is 1. The number of hydrogen-bond acceptors (Lipinski definition) is 6. The van der Waals surface area contributed by atoms with E-state index in [1.807, 2.05) is 13.0 Å². The molecule has 0 radical (unpaired) electrons. The van der Waals surface area contributed by atoms with E-state index in [0.717, 1.165) is 49.0 Å². The molecule has 4 unspecified atom stereocenters. The van der Waals surface area contributed by atoms with E-state index >= 15 is 0 Å². The molecule has 7 heteroatoms. The van der Waals surface area contributed by atoms with Gasteiger partial charge >= 0.3 is 0 Å². The van der Waals surface area contributed by atoms with Crippen LogP contribution in [-0.4, -0.2) is 27.2 Å². The molecule has 2 fully saturated rings. The predicted molar refractivity (Wildman–Crippen MR) is 127 cm³/mol. The molecular weight excluding hydrogens is 434 g/mol. The number of anilines is 1. The molecule has 3 aliphatic carbocycles. The first-order chi connectivity index (χ1) is 15.8. The minimum Gasteiger partial charge on any atom is -0.507 e. The van der Waals surface area contributed by atoms with E-state index in [-0.39, 0.29) is 23.2 Å². The Kier molecular flexibility index (Phi) is 5.70. The van der Waals surface area contributed by atoms with E-state index in [2.05, 4.69) is 23.3 Å². The second-order valence-electron chi connectivity index (χ2n) is 10.4. The Morgan fingerprint density at radius 1 is 1.39 bits per heavy atom. The summed E-state index contributed by atoms with van der Waals surface area (Å²) in [6, 6.07) is 5.88. The molecule has 3 aliphatic rings. The fraction of sp³-hybridized carbons (Fsp3) is 0.577. The third-order valence-electron chi connectivity index (χ3n) is 8.70. The summed E-state index contributed by atoms with van der Waals surface area (Å²) in [7, 11) is 0. The second kappa shape index (κ2) is 8.41. The fourth-order valence-corrected chi connectivity index (χ4v) is 7.93. The number of nitriles is 1. The number of carbonyl (C=O) groups excluding carboxylic acids is 1. The van der Waals surface area contributed by atoms with E-state index in [1.54, 1.807) is 12.3 Å². The van der Waals surface area contributed by atoms with Gasteiger partial charge in [-0.2, -0.15) is 5.26 Å². The number of aliphatic hydroxyl groups excluding tert-OH is 1. The maximum absolute atomic E-state index is 12.6. The third-order valence-corrected chi connectivity index (χ3v) is 9.53. The summed E-state index contributed by atoms with van der Waals surface area (Å²) in [6.45, 7) is 4.21. The van der Waals surface area contributed by atoms with Gasteiger partial charge in [-0.25, -0.2) is 4.98 Å². The molecule has 1 heterocycles. The van der Waals surface area contributed by atoms with Crippen molar-refractivity contribution >= 4 is 22.4 Å². The summed E-state index contributed by atoms with van der Waals surface area (Å²) in [4.78, 5) is 17.9. The molecule has 1 aromatic heterocycles. The van der Waals surface area contributed by atoms with Crippen LogP contribution < -0.4 is 5.32 Å². The van der Waals surface area contributed by atoms with Crippen LogP contribution >= 0.6 is 11.3 Å². The van der Waals surface area contributed by atoms with E-state index in [1.165, 1.54) is 16.9 Å². The first-order valence-electron chi connectivity index (χ1n) is 12.0. The van der Waals surface area contributed by atoms with E-state index in [0.29, 0.717) is 40.8 Å². The summed E-state index contributed by atoms with van der Waals surface area (Å²) < 4.78 is 0. The Morgan fingerprint density at radius 2 is 2.21 bits per heavy atom.